The van der Waals surface area contributed by atoms with Crippen LogP contribution in [-0.2, 0) is 4.63 Å². The van der Waals surface area contributed by atoms with Crippen LogP contribution in [0, 0.1) is 0 Å². The summed E-state index contributed by atoms with van der Waals surface area (Å²) >= 11 is 0. The van der Waals surface area contributed by atoms with Gasteiger partial charge < -0.3 is 0 Å². The molecule has 1 atom stereocenters. The van der Waals surface area contributed by atoms with Crippen molar-refractivity contribution in [1.82, 2.24) is 0 Å². The van der Waals surface area contributed by atoms with Gasteiger partial charge in [0.05, 0.1) is 0 Å². The highest BCUT2D eigenvalue weighted by Gasteiger charge is 2.37. The maximum atomic E-state index is 12.4. The van der Waals surface area contributed by atoms with Crippen molar-refractivity contribution < 1.29 is 17.7 Å². The van der Waals surface area contributed by atoms with Gasteiger partial charge >= 0.3 is 8.65 Å². The van der Waals surface area contributed by atoms with Gasteiger partial charge in [-0.1, -0.05) is 17.9 Å². The zero-order chi connectivity index (χ0) is 7.33. The molecule has 0 saturated heterocycles. The summed E-state index contributed by atoms with van der Waals surface area (Å²) in [4.78, 5) is 0. The lowest BCUT2D eigenvalue weighted by molar-refractivity contribution is -0.0389. The van der Waals surface area contributed by atoms with Crippen LogP contribution in [-0.4, -0.2) is 14.9 Å². The molecule has 0 spiro atoms. The minimum atomic E-state index is -4.03. The van der Waals surface area contributed by atoms with E-state index in [0.717, 1.165) is 0 Å². The summed E-state index contributed by atoms with van der Waals surface area (Å²) in [7, 11) is -4.03. The molecule has 1 nitrogen and oxygen atoms in total. The fraction of sp³-hybridized carbons (Fsp3) is 1.00. The third-order valence-electron chi connectivity index (χ3n) is 0.961. The zero-order valence-electron chi connectivity index (χ0n) is 5.16. The second-order valence-electron chi connectivity index (χ2n) is 1.84. The van der Waals surface area contributed by atoms with E-state index in [1.807, 2.05) is 0 Å². The quantitative estimate of drug-likeness (QED) is 0.450. The predicted octanol–water partition coefficient (Wildman–Crippen LogP) is 2.22. The van der Waals surface area contributed by atoms with E-state index in [4.69, 9.17) is 0 Å². The third kappa shape index (κ3) is 2.86. The van der Waals surface area contributed by atoms with Crippen LogP contribution >= 0.6 is 0 Å². The van der Waals surface area contributed by atoms with E-state index in [1.165, 1.54) is 0 Å². The smallest absolute Gasteiger partial charge is 0.270 e. The van der Waals surface area contributed by atoms with E-state index in [-0.39, 0.29) is 6.04 Å². The Morgan fingerprint density at radius 1 is 1.56 bits per heavy atom. The highest BCUT2D eigenvalue weighted by Crippen LogP contribution is 2.16. The van der Waals surface area contributed by atoms with Gasteiger partial charge in [-0.3, -0.25) is 4.11 Å². The number of alkyl halides is 1. The summed E-state index contributed by atoms with van der Waals surface area (Å²) in [6.45, 7) is 1.65. The van der Waals surface area contributed by atoms with Gasteiger partial charge in [-0.05, 0) is 6.04 Å². The molecule has 0 amide bonds. The monoisotopic (exact) mass is 158 g/mol. The topological polar surface area (TPSA) is 9.23 Å². The first-order valence-electron chi connectivity index (χ1n) is 2.73. The van der Waals surface area contributed by atoms with Gasteiger partial charge in [-0.25, -0.2) is 9.02 Å². The van der Waals surface area contributed by atoms with Crippen LogP contribution in [0.2, 0.25) is 6.04 Å². The van der Waals surface area contributed by atoms with E-state index >= 15 is 0 Å². The molecule has 0 aliphatic heterocycles. The maximum Gasteiger partial charge on any atom is 0.454 e. The molecule has 0 rings (SSSR count). The summed E-state index contributed by atoms with van der Waals surface area (Å²) in [5.41, 5.74) is 0. The lowest BCUT2D eigenvalue weighted by Crippen LogP contribution is -2.33. The lowest BCUT2D eigenvalue weighted by Gasteiger charge is -2.09. The zero-order valence-corrected chi connectivity index (χ0v) is 6.16. The normalized spacial score (nSPS) is 17.3. The molecule has 0 heterocycles. The molecule has 0 aromatic carbocycles. The summed E-state index contributed by atoms with van der Waals surface area (Å²) in [5, 5.41) is 0. The number of rotatable bonds is 4. The summed E-state index contributed by atoms with van der Waals surface area (Å²) in [6.07, 6.45) is -0.881. The van der Waals surface area contributed by atoms with Gasteiger partial charge in [0, 0.05) is 0 Å². The van der Waals surface area contributed by atoms with E-state index in [0.29, 0.717) is 6.42 Å². The van der Waals surface area contributed by atoms with Crippen LogP contribution in [0.5, 0.6) is 0 Å². The van der Waals surface area contributed by atoms with E-state index in [1.54, 1.807) is 6.92 Å². The minimum absolute atomic E-state index is 0.111. The van der Waals surface area contributed by atoms with Crippen molar-refractivity contribution in [3.05, 3.63) is 0 Å². The van der Waals surface area contributed by atoms with Crippen LogP contribution < -0.4 is 0 Å². The first-order chi connectivity index (χ1) is 4.18. The number of hydrogen-bond donors (Lipinski definition) is 0. The molecule has 0 aromatic rings. The second-order valence-corrected chi connectivity index (χ2v) is 4.53. The Bertz CT molecular complexity index is 76.2. The molecule has 9 heavy (non-hydrogen) atoms. The first kappa shape index (κ1) is 8.97. The molecule has 0 aliphatic rings. The third-order valence-corrected chi connectivity index (χ3v) is 2.88. The molecular weight excluding hydrogens is 149 g/mol. The van der Waals surface area contributed by atoms with Crippen LogP contribution in [0.25, 0.3) is 0 Å². The van der Waals surface area contributed by atoms with Crippen molar-refractivity contribution in [3.63, 3.8) is 0 Å². The summed E-state index contributed by atoms with van der Waals surface area (Å²) < 4.78 is 38.1. The highest BCUT2D eigenvalue weighted by atomic mass is 28.4. The molecule has 0 N–H and O–H groups in total. The Kier molecular flexibility index (Phi) is 3.88. The standard InChI is InChI=1S/C4H9F3OSi/c1-2-3-9(7,4-5)8-6/h2-4H2,1H3. The van der Waals surface area contributed by atoms with Gasteiger partial charge in [0.1, 0.15) is 6.30 Å². The van der Waals surface area contributed by atoms with Crippen molar-refractivity contribution in [2.75, 3.05) is 6.30 Å². The largest absolute Gasteiger partial charge is 0.454 e. The van der Waals surface area contributed by atoms with E-state index < -0.39 is 14.9 Å². The Balaban J connectivity index is 3.62. The molecule has 0 bridgehead atoms. The van der Waals surface area contributed by atoms with Gasteiger partial charge in [0.2, 0.25) is 0 Å². The first-order valence-corrected chi connectivity index (χ1v) is 4.93. The van der Waals surface area contributed by atoms with Crippen LogP contribution in [0.15, 0.2) is 0 Å². The molecule has 1 unspecified atom stereocenters. The van der Waals surface area contributed by atoms with Crippen molar-refractivity contribution in [2.24, 2.45) is 0 Å². The predicted molar refractivity (Wildman–Crippen MR) is 30.1 cm³/mol. The van der Waals surface area contributed by atoms with E-state index in [2.05, 4.69) is 4.63 Å². The Morgan fingerprint density at radius 2 is 2.11 bits per heavy atom. The van der Waals surface area contributed by atoms with Gasteiger partial charge in [-0.2, -0.15) is 0 Å². The summed E-state index contributed by atoms with van der Waals surface area (Å²) in [6, 6.07) is -0.111. The Morgan fingerprint density at radius 3 is 2.22 bits per heavy atom. The minimum Gasteiger partial charge on any atom is -0.270 e. The van der Waals surface area contributed by atoms with Crippen molar-refractivity contribution in [1.29, 1.82) is 0 Å². The molecule has 0 saturated carbocycles. The van der Waals surface area contributed by atoms with Crippen molar-refractivity contribution in [2.45, 2.75) is 19.4 Å². The molecule has 56 valence electrons. The Hall–Kier alpha value is -0.0331. The van der Waals surface area contributed by atoms with Crippen LogP contribution in [0.4, 0.5) is 13.0 Å². The highest BCUT2D eigenvalue weighted by molar-refractivity contribution is 6.66. The molecule has 0 aliphatic carbocycles. The SMILES string of the molecule is CCC[Si](F)(CF)OF. The Labute approximate surface area is 53.0 Å². The molecule has 0 aromatic heterocycles. The average Bonchev–Trinajstić information content (AvgIpc) is 1.89. The molecular formula is C4H9F3OSi. The van der Waals surface area contributed by atoms with Crippen molar-refractivity contribution >= 4 is 8.65 Å². The molecule has 0 fully saturated rings. The average molecular weight is 158 g/mol. The second kappa shape index (κ2) is 3.89. The van der Waals surface area contributed by atoms with Gasteiger partial charge in [-0.15, -0.1) is 0 Å². The van der Waals surface area contributed by atoms with Gasteiger partial charge in [0.25, 0.3) is 0 Å². The number of hydrogen-bond acceptors (Lipinski definition) is 1. The van der Waals surface area contributed by atoms with Gasteiger partial charge in [0.15, 0.2) is 0 Å². The van der Waals surface area contributed by atoms with Crippen LogP contribution in [0.3, 0.4) is 0 Å². The molecule has 5 heteroatoms. The van der Waals surface area contributed by atoms with E-state index in [9.17, 15) is 13.0 Å². The number of halogens is 3. The fourth-order valence-corrected chi connectivity index (χ4v) is 1.50. The van der Waals surface area contributed by atoms with Crippen molar-refractivity contribution in [3.8, 4) is 0 Å². The lowest BCUT2D eigenvalue weighted by atomic mass is 10.6. The summed E-state index contributed by atoms with van der Waals surface area (Å²) in [5.74, 6) is 0. The maximum absolute atomic E-state index is 12.4. The fourth-order valence-electron chi connectivity index (χ4n) is 0.499. The molecule has 0 radical (unpaired) electrons. The van der Waals surface area contributed by atoms with Crippen LogP contribution in [0.1, 0.15) is 13.3 Å².